The van der Waals surface area contributed by atoms with Gasteiger partial charge in [0.1, 0.15) is 18.6 Å². The lowest BCUT2D eigenvalue weighted by atomic mass is 10.1. The van der Waals surface area contributed by atoms with Crippen LogP contribution in [-0.4, -0.2) is 69.7 Å². The van der Waals surface area contributed by atoms with Gasteiger partial charge in [-0.1, -0.05) is 11.8 Å². The van der Waals surface area contributed by atoms with Crippen molar-refractivity contribution in [1.82, 2.24) is 10.6 Å². The number of rotatable bonds is 11. The molecule has 0 heterocycles. The van der Waals surface area contributed by atoms with Gasteiger partial charge in [-0.25, -0.2) is 0 Å². The van der Waals surface area contributed by atoms with Crippen molar-refractivity contribution in [3.05, 3.63) is 0 Å². The highest BCUT2D eigenvalue weighted by atomic mass is 32.2. The zero-order chi connectivity index (χ0) is 18.7. The van der Waals surface area contributed by atoms with Crippen LogP contribution >= 0.6 is 11.8 Å². The molecule has 134 valence electrons. The summed E-state index contributed by atoms with van der Waals surface area (Å²) in [6.07, 6.45) is -0.432. The first-order valence-electron chi connectivity index (χ1n) is 6.56. The van der Waals surface area contributed by atoms with Crippen LogP contribution in [0, 0.1) is 0 Å². The van der Waals surface area contributed by atoms with E-state index in [0.717, 1.165) is 0 Å². The Balaban J connectivity index is 4.66. The second-order valence-corrected chi connectivity index (χ2v) is 5.49. The van der Waals surface area contributed by atoms with Crippen LogP contribution in [0.5, 0.6) is 0 Å². The Bertz CT molecular complexity index is 524. The molecule has 0 saturated carbocycles. The zero-order valence-electron chi connectivity index (χ0n) is 12.4. The smallest absolute Gasteiger partial charge is 0.322 e. The Morgan fingerprint density at radius 3 is 2.29 bits per heavy atom. The van der Waals surface area contributed by atoms with Crippen molar-refractivity contribution in [3.63, 3.8) is 0 Å². The standard InChI is InChI=1S/C12H17N3O8S/c13-6(12(22)23)1-2-8(17)15-7(5-24-10(20)4-16)11(21)14-3-9(18)19/h4,6-7H,1-3,5,13H2,(H,14,21)(H,15,17)(H,18,19)(H,22,23)/t6-,7-/m0/s1. The number of carbonyl (C=O) groups excluding carboxylic acids is 4. The van der Waals surface area contributed by atoms with E-state index in [1.54, 1.807) is 0 Å². The van der Waals surface area contributed by atoms with Gasteiger partial charge >= 0.3 is 11.9 Å². The van der Waals surface area contributed by atoms with Crippen molar-refractivity contribution in [2.45, 2.75) is 24.9 Å². The van der Waals surface area contributed by atoms with Gasteiger partial charge in [0.2, 0.25) is 11.8 Å². The largest absolute Gasteiger partial charge is 0.480 e. The molecular weight excluding hydrogens is 346 g/mol. The van der Waals surface area contributed by atoms with Gasteiger partial charge in [-0.05, 0) is 6.42 Å². The van der Waals surface area contributed by atoms with E-state index in [1.807, 2.05) is 5.32 Å². The normalized spacial score (nSPS) is 12.5. The molecule has 11 nitrogen and oxygen atoms in total. The molecule has 0 aliphatic carbocycles. The molecule has 12 heteroatoms. The molecule has 0 aromatic carbocycles. The van der Waals surface area contributed by atoms with E-state index in [9.17, 15) is 28.8 Å². The van der Waals surface area contributed by atoms with Gasteiger partial charge in [0, 0.05) is 12.2 Å². The Hall–Kier alpha value is -2.47. The maximum absolute atomic E-state index is 11.8. The van der Waals surface area contributed by atoms with Crippen LogP contribution in [0.1, 0.15) is 12.8 Å². The molecule has 0 saturated heterocycles. The van der Waals surface area contributed by atoms with Gasteiger partial charge in [0.05, 0.1) is 0 Å². The Morgan fingerprint density at radius 1 is 1.17 bits per heavy atom. The maximum Gasteiger partial charge on any atom is 0.322 e. The third-order valence-electron chi connectivity index (χ3n) is 2.55. The number of carboxylic acids is 2. The minimum atomic E-state index is -1.31. The monoisotopic (exact) mass is 363 g/mol. The van der Waals surface area contributed by atoms with E-state index in [1.165, 1.54) is 0 Å². The first-order valence-corrected chi connectivity index (χ1v) is 7.55. The Morgan fingerprint density at radius 2 is 1.79 bits per heavy atom. The second kappa shape index (κ2) is 11.1. The molecule has 0 fully saturated rings. The number of hydrogen-bond donors (Lipinski definition) is 5. The first-order chi connectivity index (χ1) is 11.2. The highest BCUT2D eigenvalue weighted by molar-refractivity contribution is 8.15. The van der Waals surface area contributed by atoms with Crippen molar-refractivity contribution in [2.24, 2.45) is 5.73 Å². The lowest BCUT2D eigenvalue weighted by Crippen LogP contribution is -2.49. The molecule has 0 bridgehead atoms. The molecular formula is C12H17N3O8S. The number of carboxylic acid groups (broad SMARTS) is 2. The second-order valence-electron chi connectivity index (χ2n) is 4.46. The summed E-state index contributed by atoms with van der Waals surface area (Å²) in [4.78, 5) is 65.7. The summed E-state index contributed by atoms with van der Waals surface area (Å²) in [5.74, 6) is -4.45. The number of nitrogens with two attached hydrogens (primary N) is 1. The number of aldehydes is 1. The molecule has 6 N–H and O–H groups in total. The quantitative estimate of drug-likeness (QED) is 0.191. The number of hydrogen-bond acceptors (Lipinski definition) is 8. The number of aliphatic carboxylic acids is 2. The molecule has 2 atom stereocenters. The third-order valence-corrected chi connectivity index (χ3v) is 3.43. The van der Waals surface area contributed by atoms with Crippen LogP contribution in [0.25, 0.3) is 0 Å². The highest BCUT2D eigenvalue weighted by Gasteiger charge is 2.23. The summed E-state index contributed by atoms with van der Waals surface area (Å²) in [6, 6.07) is -2.52. The van der Waals surface area contributed by atoms with Crippen molar-refractivity contribution >= 4 is 46.9 Å². The summed E-state index contributed by atoms with van der Waals surface area (Å²) >= 11 is 0.470. The molecule has 0 aliphatic heterocycles. The van der Waals surface area contributed by atoms with Gasteiger partial charge in [0.15, 0.2) is 6.29 Å². The van der Waals surface area contributed by atoms with E-state index in [4.69, 9.17) is 15.9 Å². The van der Waals surface area contributed by atoms with Gasteiger partial charge < -0.3 is 26.6 Å². The Kier molecular flexibility index (Phi) is 9.98. The maximum atomic E-state index is 11.8. The molecule has 0 aliphatic rings. The molecule has 0 unspecified atom stereocenters. The van der Waals surface area contributed by atoms with Gasteiger partial charge in [-0.2, -0.15) is 0 Å². The average molecular weight is 363 g/mol. The van der Waals surface area contributed by atoms with E-state index in [-0.39, 0.29) is 24.9 Å². The number of nitrogens with one attached hydrogen (secondary N) is 2. The minimum Gasteiger partial charge on any atom is -0.480 e. The van der Waals surface area contributed by atoms with Crippen LogP contribution in [0.4, 0.5) is 0 Å². The van der Waals surface area contributed by atoms with Crippen LogP contribution < -0.4 is 16.4 Å². The summed E-state index contributed by atoms with van der Waals surface area (Å²) in [7, 11) is 0. The van der Waals surface area contributed by atoms with Crippen molar-refractivity contribution in [2.75, 3.05) is 12.3 Å². The van der Waals surface area contributed by atoms with Crippen LogP contribution in [0.15, 0.2) is 0 Å². The Labute approximate surface area is 140 Å². The van der Waals surface area contributed by atoms with E-state index < -0.39 is 47.5 Å². The van der Waals surface area contributed by atoms with E-state index in [0.29, 0.717) is 11.8 Å². The van der Waals surface area contributed by atoms with Crippen molar-refractivity contribution in [1.29, 1.82) is 0 Å². The van der Waals surface area contributed by atoms with Crippen molar-refractivity contribution < 1.29 is 39.0 Å². The SMILES string of the molecule is N[C@@H](CCC(=O)N[C@@H](CSC(=O)C=O)C(=O)NCC(=O)O)C(=O)O. The minimum absolute atomic E-state index is 0.0323. The predicted molar refractivity (Wildman–Crippen MR) is 81.0 cm³/mol. The zero-order valence-corrected chi connectivity index (χ0v) is 13.2. The molecule has 2 amide bonds. The molecule has 0 radical (unpaired) electrons. The number of carbonyl (C=O) groups is 6. The van der Waals surface area contributed by atoms with Crippen molar-refractivity contribution in [3.8, 4) is 0 Å². The highest BCUT2D eigenvalue weighted by Crippen LogP contribution is 2.05. The molecule has 0 aromatic rings. The first kappa shape index (κ1) is 21.5. The summed E-state index contributed by atoms with van der Waals surface area (Å²) in [6.45, 7) is -0.693. The molecule has 0 spiro atoms. The topological polar surface area (TPSA) is 193 Å². The van der Waals surface area contributed by atoms with Crippen LogP contribution in [-0.2, 0) is 28.8 Å². The summed E-state index contributed by atoms with van der Waals surface area (Å²) < 4.78 is 0. The lowest BCUT2D eigenvalue weighted by molar-refractivity contribution is -0.139. The third kappa shape index (κ3) is 9.53. The lowest BCUT2D eigenvalue weighted by Gasteiger charge is -2.17. The number of thioether (sulfide) groups is 1. The average Bonchev–Trinajstić information content (AvgIpc) is 2.53. The molecule has 0 rings (SSSR count). The fraction of sp³-hybridized carbons (Fsp3) is 0.500. The van der Waals surface area contributed by atoms with Crippen LogP contribution in [0.3, 0.4) is 0 Å². The summed E-state index contributed by atoms with van der Waals surface area (Å²) in [5.41, 5.74) is 5.24. The van der Waals surface area contributed by atoms with E-state index >= 15 is 0 Å². The summed E-state index contributed by atoms with van der Waals surface area (Å²) in [5, 5.41) is 20.5. The predicted octanol–water partition coefficient (Wildman–Crippen LogP) is -2.68. The van der Waals surface area contributed by atoms with Gasteiger partial charge in [-0.15, -0.1) is 0 Å². The molecule has 0 aromatic heterocycles. The van der Waals surface area contributed by atoms with Gasteiger partial charge in [-0.3, -0.25) is 28.8 Å². The van der Waals surface area contributed by atoms with E-state index in [2.05, 4.69) is 5.32 Å². The van der Waals surface area contributed by atoms with Crippen LogP contribution in [0.2, 0.25) is 0 Å². The fourth-order valence-corrected chi connectivity index (χ4v) is 1.98. The number of amides is 2. The molecule has 24 heavy (non-hydrogen) atoms. The fourth-order valence-electron chi connectivity index (χ4n) is 1.34. The van der Waals surface area contributed by atoms with Gasteiger partial charge in [0.25, 0.3) is 5.12 Å².